The van der Waals surface area contributed by atoms with Gasteiger partial charge in [0.05, 0.1) is 11.5 Å². The lowest BCUT2D eigenvalue weighted by molar-refractivity contribution is -0.384. The number of benzene rings is 1. The fourth-order valence-corrected chi connectivity index (χ4v) is 1.78. The van der Waals surface area contributed by atoms with E-state index in [9.17, 15) is 14.9 Å². The Morgan fingerprint density at radius 3 is 2.63 bits per heavy atom. The van der Waals surface area contributed by atoms with Gasteiger partial charge in [-0.1, -0.05) is 11.6 Å². The summed E-state index contributed by atoms with van der Waals surface area (Å²) in [5, 5.41) is 16.4. The molecule has 0 heterocycles. The Bertz CT molecular complexity index is 503. The van der Waals surface area contributed by atoms with Gasteiger partial charge in [0.25, 0.3) is 5.69 Å². The molecule has 0 spiro atoms. The summed E-state index contributed by atoms with van der Waals surface area (Å²) in [6, 6.07) is 2.90. The van der Waals surface area contributed by atoms with Crippen molar-refractivity contribution in [2.24, 2.45) is 0 Å². The quantitative estimate of drug-likeness (QED) is 0.643. The van der Waals surface area contributed by atoms with E-state index in [0.29, 0.717) is 11.3 Å². The normalized spacial score (nSPS) is 10.4. The molecule has 0 fully saturated rings. The molecule has 1 aromatic carbocycles. The highest BCUT2D eigenvalue weighted by Gasteiger charge is 2.15. The van der Waals surface area contributed by atoms with Crippen LogP contribution in [-0.2, 0) is 4.79 Å². The zero-order chi connectivity index (χ0) is 14.6. The summed E-state index contributed by atoms with van der Waals surface area (Å²) >= 11 is 5.81. The third kappa shape index (κ3) is 4.40. The predicted octanol–water partition coefficient (Wildman–Crippen LogP) is 2.49. The first-order valence-electron chi connectivity index (χ1n) is 5.79. The van der Waals surface area contributed by atoms with Gasteiger partial charge in [-0.2, -0.15) is 0 Å². The van der Waals surface area contributed by atoms with E-state index >= 15 is 0 Å². The van der Waals surface area contributed by atoms with Gasteiger partial charge in [-0.15, -0.1) is 0 Å². The number of nitrogens with zero attached hydrogens (tertiary/aromatic N) is 1. The minimum atomic E-state index is -0.537. The maximum absolute atomic E-state index is 11.5. The molecular weight excluding hydrogens is 270 g/mol. The van der Waals surface area contributed by atoms with Crippen molar-refractivity contribution in [2.75, 3.05) is 11.9 Å². The van der Waals surface area contributed by atoms with Crippen LogP contribution in [0.15, 0.2) is 12.1 Å². The first-order valence-corrected chi connectivity index (χ1v) is 6.17. The van der Waals surface area contributed by atoms with Crippen LogP contribution in [0, 0.1) is 17.0 Å². The molecule has 0 aliphatic carbocycles. The minimum absolute atomic E-state index is 0.0439. The van der Waals surface area contributed by atoms with Crippen molar-refractivity contribution < 1.29 is 9.72 Å². The van der Waals surface area contributed by atoms with Gasteiger partial charge >= 0.3 is 0 Å². The second-order valence-electron chi connectivity index (χ2n) is 4.45. The second kappa shape index (κ2) is 6.38. The van der Waals surface area contributed by atoms with Gasteiger partial charge in [0.15, 0.2) is 0 Å². The molecule has 0 aliphatic heterocycles. The highest BCUT2D eigenvalue weighted by atomic mass is 35.5. The topological polar surface area (TPSA) is 84.3 Å². The van der Waals surface area contributed by atoms with Crippen LogP contribution in [0.25, 0.3) is 0 Å². The molecule has 6 nitrogen and oxygen atoms in total. The number of halogens is 1. The first-order chi connectivity index (χ1) is 8.81. The lowest BCUT2D eigenvalue weighted by Crippen LogP contribution is -2.34. The van der Waals surface area contributed by atoms with Crippen LogP contribution >= 0.6 is 11.6 Å². The monoisotopic (exact) mass is 285 g/mol. The number of carbonyl (C=O) groups is 1. The van der Waals surface area contributed by atoms with Gasteiger partial charge in [0.2, 0.25) is 5.91 Å². The van der Waals surface area contributed by atoms with Crippen molar-refractivity contribution in [3.8, 4) is 0 Å². The molecule has 19 heavy (non-hydrogen) atoms. The molecule has 0 atom stereocenters. The van der Waals surface area contributed by atoms with Crippen molar-refractivity contribution in [3.63, 3.8) is 0 Å². The average molecular weight is 286 g/mol. The van der Waals surface area contributed by atoms with Gasteiger partial charge in [0, 0.05) is 17.8 Å². The number of hydrogen-bond acceptors (Lipinski definition) is 4. The summed E-state index contributed by atoms with van der Waals surface area (Å²) in [5.41, 5.74) is 1.12. The lowest BCUT2D eigenvalue weighted by atomic mass is 10.1. The van der Waals surface area contributed by atoms with Crippen molar-refractivity contribution in [2.45, 2.75) is 26.8 Å². The van der Waals surface area contributed by atoms with E-state index in [0.717, 1.165) is 0 Å². The Morgan fingerprint density at radius 1 is 1.47 bits per heavy atom. The molecule has 0 unspecified atom stereocenters. The molecule has 1 aromatic rings. The molecule has 0 radical (unpaired) electrons. The predicted molar refractivity (Wildman–Crippen MR) is 74.6 cm³/mol. The van der Waals surface area contributed by atoms with Crippen molar-refractivity contribution >= 4 is 28.9 Å². The SMILES string of the molecule is Cc1cc([N+](=O)[O-])c(Cl)cc1NCC(=O)NC(C)C. The Hall–Kier alpha value is -1.82. The lowest BCUT2D eigenvalue weighted by Gasteiger charge is -2.12. The maximum Gasteiger partial charge on any atom is 0.288 e. The van der Waals surface area contributed by atoms with E-state index < -0.39 is 4.92 Å². The number of anilines is 1. The number of hydrogen-bond donors (Lipinski definition) is 2. The van der Waals surface area contributed by atoms with Gasteiger partial charge in [-0.3, -0.25) is 14.9 Å². The Morgan fingerprint density at radius 2 is 2.11 bits per heavy atom. The van der Waals surface area contributed by atoms with Gasteiger partial charge in [-0.25, -0.2) is 0 Å². The molecule has 0 aliphatic rings. The van der Waals surface area contributed by atoms with Gasteiger partial charge < -0.3 is 10.6 Å². The van der Waals surface area contributed by atoms with E-state index in [1.807, 2.05) is 13.8 Å². The summed E-state index contributed by atoms with van der Waals surface area (Å²) in [6.07, 6.45) is 0. The van der Waals surface area contributed by atoms with Crippen LogP contribution in [-0.4, -0.2) is 23.4 Å². The Labute approximate surface area is 116 Å². The third-order valence-corrected chi connectivity index (χ3v) is 2.68. The smallest absolute Gasteiger partial charge is 0.288 e. The van der Waals surface area contributed by atoms with Crippen molar-refractivity contribution in [1.82, 2.24) is 5.32 Å². The minimum Gasteiger partial charge on any atom is -0.376 e. The summed E-state index contributed by atoms with van der Waals surface area (Å²) in [4.78, 5) is 21.7. The van der Waals surface area contributed by atoms with Crippen LogP contribution in [0.5, 0.6) is 0 Å². The third-order valence-electron chi connectivity index (χ3n) is 2.38. The second-order valence-corrected chi connectivity index (χ2v) is 4.86. The number of nitro groups is 1. The molecule has 7 heteroatoms. The molecule has 2 N–H and O–H groups in total. The van der Waals surface area contributed by atoms with Crippen molar-refractivity contribution in [1.29, 1.82) is 0 Å². The molecule has 1 amide bonds. The summed E-state index contributed by atoms with van der Waals surface area (Å²) in [7, 11) is 0. The van der Waals surface area contributed by atoms with E-state index in [2.05, 4.69) is 10.6 Å². The highest BCUT2D eigenvalue weighted by molar-refractivity contribution is 6.33. The zero-order valence-electron chi connectivity index (χ0n) is 11.0. The first kappa shape index (κ1) is 15.2. The molecule has 1 rings (SSSR count). The Balaban J connectivity index is 2.77. The van der Waals surface area contributed by atoms with Crippen LogP contribution in [0.2, 0.25) is 5.02 Å². The van der Waals surface area contributed by atoms with E-state index in [1.165, 1.54) is 12.1 Å². The summed E-state index contributed by atoms with van der Waals surface area (Å²) in [6.45, 7) is 5.54. The fourth-order valence-electron chi connectivity index (χ4n) is 1.55. The molecular formula is C12H16ClN3O3. The van der Waals surface area contributed by atoms with Crippen LogP contribution in [0.3, 0.4) is 0 Å². The summed E-state index contributed by atoms with van der Waals surface area (Å²) in [5.74, 6) is -0.149. The molecule has 0 saturated carbocycles. The largest absolute Gasteiger partial charge is 0.376 e. The average Bonchev–Trinajstić information content (AvgIpc) is 2.28. The van der Waals surface area contributed by atoms with Gasteiger partial charge in [0.1, 0.15) is 5.02 Å². The molecule has 0 saturated heterocycles. The number of aryl methyl sites for hydroxylation is 1. The number of amides is 1. The number of carbonyl (C=O) groups excluding carboxylic acids is 1. The Kier molecular flexibility index (Phi) is 5.11. The van der Waals surface area contributed by atoms with Crippen LogP contribution in [0.1, 0.15) is 19.4 Å². The number of nitrogens with one attached hydrogen (secondary N) is 2. The maximum atomic E-state index is 11.5. The molecule has 0 bridgehead atoms. The highest BCUT2D eigenvalue weighted by Crippen LogP contribution is 2.30. The van der Waals surface area contributed by atoms with Crippen molar-refractivity contribution in [3.05, 3.63) is 32.8 Å². The fraction of sp³-hybridized carbons (Fsp3) is 0.417. The van der Waals surface area contributed by atoms with E-state index in [1.54, 1.807) is 6.92 Å². The number of nitro benzene ring substituents is 1. The molecule has 0 aromatic heterocycles. The zero-order valence-corrected chi connectivity index (χ0v) is 11.7. The molecule has 104 valence electrons. The van der Waals surface area contributed by atoms with Crippen LogP contribution < -0.4 is 10.6 Å². The summed E-state index contributed by atoms with van der Waals surface area (Å²) < 4.78 is 0. The van der Waals surface area contributed by atoms with E-state index in [4.69, 9.17) is 11.6 Å². The van der Waals surface area contributed by atoms with Crippen LogP contribution in [0.4, 0.5) is 11.4 Å². The standard InChI is InChI=1S/C12H16ClN3O3/c1-7(2)15-12(17)6-14-10-5-9(13)11(16(18)19)4-8(10)3/h4-5,7,14H,6H2,1-3H3,(H,15,17). The van der Waals surface area contributed by atoms with E-state index in [-0.39, 0.29) is 29.2 Å². The number of rotatable bonds is 5. The van der Waals surface area contributed by atoms with Gasteiger partial charge in [-0.05, 0) is 32.4 Å².